The van der Waals surface area contributed by atoms with E-state index in [-0.39, 0.29) is 17.1 Å². The fourth-order valence-corrected chi connectivity index (χ4v) is 4.30. The number of fused-ring (bicyclic) bond motifs is 3. The summed E-state index contributed by atoms with van der Waals surface area (Å²) < 4.78 is 1.60. The smallest absolute Gasteiger partial charge is 0.291 e. The first kappa shape index (κ1) is 14.6. The summed E-state index contributed by atoms with van der Waals surface area (Å²) in [4.78, 5) is 20.8. The third-order valence-corrected chi connectivity index (χ3v) is 5.77. The number of amides is 1. The maximum Gasteiger partial charge on any atom is 0.291 e. The molecule has 2 unspecified atom stereocenters. The van der Waals surface area contributed by atoms with E-state index in [1.54, 1.807) is 10.7 Å². The monoisotopic (exact) mass is 333 g/mol. The zero-order valence-electron chi connectivity index (χ0n) is 14.1. The van der Waals surface area contributed by atoms with E-state index in [0.29, 0.717) is 18.2 Å². The second-order valence-corrected chi connectivity index (χ2v) is 7.16. The Labute approximate surface area is 145 Å². The predicted molar refractivity (Wildman–Crippen MR) is 92.4 cm³/mol. The van der Waals surface area contributed by atoms with Gasteiger partial charge in [-0.15, -0.1) is 5.10 Å². The average Bonchev–Trinajstić information content (AvgIpc) is 2.97. The molecule has 5 rings (SSSR count). The van der Waals surface area contributed by atoms with E-state index in [9.17, 15) is 4.79 Å². The molecule has 0 aliphatic heterocycles. The van der Waals surface area contributed by atoms with Gasteiger partial charge in [0.1, 0.15) is 0 Å². The Morgan fingerprint density at radius 1 is 1.36 bits per heavy atom. The van der Waals surface area contributed by atoms with Crippen LogP contribution in [0.5, 0.6) is 0 Å². The molecule has 6 nitrogen and oxygen atoms in total. The second kappa shape index (κ2) is 5.12. The predicted octanol–water partition coefficient (Wildman–Crippen LogP) is 2.07. The maximum atomic E-state index is 12.4. The summed E-state index contributed by atoms with van der Waals surface area (Å²) in [6.45, 7) is 2.59. The first-order valence-corrected chi connectivity index (χ1v) is 8.72. The van der Waals surface area contributed by atoms with Crippen molar-refractivity contribution in [3.63, 3.8) is 0 Å². The fourth-order valence-electron chi connectivity index (χ4n) is 4.30. The van der Waals surface area contributed by atoms with Gasteiger partial charge >= 0.3 is 0 Å². The van der Waals surface area contributed by atoms with Gasteiger partial charge in [0, 0.05) is 23.9 Å². The van der Waals surface area contributed by atoms with Crippen molar-refractivity contribution in [2.45, 2.75) is 31.6 Å². The van der Waals surface area contributed by atoms with Gasteiger partial charge in [0.2, 0.25) is 5.82 Å². The molecule has 0 bridgehead atoms. The van der Waals surface area contributed by atoms with Gasteiger partial charge in [0.05, 0.1) is 0 Å². The number of carbonyl (C=O) groups excluding carboxylic acids is 1. The molecule has 25 heavy (non-hydrogen) atoms. The van der Waals surface area contributed by atoms with Gasteiger partial charge < -0.3 is 5.32 Å². The van der Waals surface area contributed by atoms with Gasteiger partial charge in [-0.3, -0.25) is 4.79 Å². The Bertz CT molecular complexity index is 994. The molecule has 2 aromatic heterocycles. The van der Waals surface area contributed by atoms with Crippen molar-refractivity contribution in [1.82, 2.24) is 24.9 Å². The number of rotatable bonds is 3. The maximum absolute atomic E-state index is 12.4. The molecule has 3 aromatic rings. The molecule has 1 saturated carbocycles. The van der Waals surface area contributed by atoms with Gasteiger partial charge in [-0.2, -0.15) is 4.98 Å². The lowest BCUT2D eigenvalue weighted by Gasteiger charge is -2.11. The number of nitrogens with zero attached hydrogens (tertiary/aromatic N) is 4. The number of hydrogen-bond acceptors (Lipinski definition) is 4. The summed E-state index contributed by atoms with van der Waals surface area (Å²) in [5, 5.41) is 7.28. The first-order valence-electron chi connectivity index (χ1n) is 8.72. The zero-order valence-corrected chi connectivity index (χ0v) is 14.1. The Morgan fingerprint density at radius 2 is 2.24 bits per heavy atom. The van der Waals surface area contributed by atoms with Crippen LogP contribution in [0.2, 0.25) is 0 Å². The first-order chi connectivity index (χ1) is 12.2. The lowest BCUT2D eigenvalue weighted by molar-refractivity contribution is 0.0940. The molecular weight excluding hydrogens is 314 g/mol. The lowest BCUT2D eigenvalue weighted by atomic mass is 9.95. The molecule has 2 aliphatic rings. The minimum atomic E-state index is -0.224. The van der Waals surface area contributed by atoms with Crippen molar-refractivity contribution >= 4 is 11.7 Å². The summed E-state index contributed by atoms with van der Waals surface area (Å²) in [7, 11) is 0. The molecule has 0 radical (unpaired) electrons. The van der Waals surface area contributed by atoms with Gasteiger partial charge in [0.15, 0.2) is 0 Å². The fraction of sp³-hybridized carbons (Fsp3) is 0.368. The van der Waals surface area contributed by atoms with Gasteiger partial charge in [-0.25, -0.2) is 9.50 Å². The highest BCUT2D eigenvalue weighted by atomic mass is 16.2. The second-order valence-electron chi connectivity index (χ2n) is 7.16. The molecule has 126 valence electrons. The molecule has 2 heterocycles. The van der Waals surface area contributed by atoms with E-state index < -0.39 is 0 Å². The molecule has 2 aliphatic carbocycles. The third-order valence-electron chi connectivity index (χ3n) is 5.77. The normalized spacial score (nSPS) is 23.8. The molecule has 1 aromatic carbocycles. The largest absolute Gasteiger partial charge is 0.349 e. The number of benzene rings is 1. The lowest BCUT2D eigenvalue weighted by Crippen LogP contribution is -2.28. The number of carbonyl (C=O) groups is 1. The van der Waals surface area contributed by atoms with Gasteiger partial charge in [0.25, 0.3) is 11.7 Å². The van der Waals surface area contributed by atoms with Crippen LogP contribution < -0.4 is 5.32 Å². The van der Waals surface area contributed by atoms with Gasteiger partial charge in [-0.05, 0) is 49.3 Å². The minimum absolute atomic E-state index is 0.184. The Morgan fingerprint density at radius 3 is 3.12 bits per heavy atom. The summed E-state index contributed by atoms with van der Waals surface area (Å²) in [5.74, 6) is 0.927. The van der Waals surface area contributed by atoms with Crippen LogP contribution >= 0.6 is 0 Å². The quantitative estimate of drug-likeness (QED) is 0.796. The third kappa shape index (κ3) is 2.17. The van der Waals surface area contributed by atoms with Crippen molar-refractivity contribution in [1.29, 1.82) is 0 Å². The molecular formula is C19H19N5O. The molecule has 0 saturated heterocycles. The average molecular weight is 333 g/mol. The van der Waals surface area contributed by atoms with Crippen LogP contribution in [0.1, 0.15) is 40.3 Å². The van der Waals surface area contributed by atoms with Crippen LogP contribution in [0.3, 0.4) is 0 Å². The standard InChI is InChI=1S/C19H19N5O/c1-12-7-9-20-18-22-16(23-24(12)18)17(25)21-11-14-10-19(14)8-6-13-4-2-3-5-15(13)19/h2-5,7,9,14H,6,8,10-11H2,1H3,(H,21,25). The van der Waals surface area contributed by atoms with Crippen LogP contribution in [-0.2, 0) is 11.8 Å². The summed E-state index contributed by atoms with van der Waals surface area (Å²) in [6, 6.07) is 10.6. The molecule has 1 fully saturated rings. The van der Waals surface area contributed by atoms with Crippen LogP contribution in [0, 0.1) is 12.8 Å². The van der Waals surface area contributed by atoms with Crippen LogP contribution in [-0.4, -0.2) is 32.0 Å². The van der Waals surface area contributed by atoms with Crippen molar-refractivity contribution < 1.29 is 4.79 Å². The molecule has 2 atom stereocenters. The number of hydrogen-bond donors (Lipinski definition) is 1. The highest BCUT2D eigenvalue weighted by Gasteiger charge is 2.57. The van der Waals surface area contributed by atoms with Crippen molar-refractivity contribution in [2.24, 2.45) is 5.92 Å². The van der Waals surface area contributed by atoms with Crippen molar-refractivity contribution in [3.05, 3.63) is 59.2 Å². The SMILES string of the molecule is Cc1ccnc2nc(C(=O)NCC3CC34CCc3ccccc34)nn12. The minimum Gasteiger partial charge on any atom is -0.349 e. The molecule has 6 heteroatoms. The van der Waals surface area contributed by atoms with E-state index >= 15 is 0 Å². The van der Waals surface area contributed by atoms with E-state index in [0.717, 1.165) is 18.5 Å². The number of aromatic nitrogens is 4. The Balaban J connectivity index is 1.29. The molecule has 1 amide bonds. The number of nitrogens with one attached hydrogen (secondary N) is 1. The summed E-state index contributed by atoms with van der Waals surface area (Å²) in [5.41, 5.74) is 4.15. The van der Waals surface area contributed by atoms with E-state index in [1.165, 1.54) is 17.5 Å². The van der Waals surface area contributed by atoms with Crippen LogP contribution in [0.25, 0.3) is 5.78 Å². The van der Waals surface area contributed by atoms with Crippen LogP contribution in [0.15, 0.2) is 36.5 Å². The van der Waals surface area contributed by atoms with Crippen molar-refractivity contribution in [3.8, 4) is 0 Å². The van der Waals surface area contributed by atoms with E-state index in [2.05, 4.69) is 44.6 Å². The van der Waals surface area contributed by atoms with E-state index in [1.807, 2.05) is 13.0 Å². The van der Waals surface area contributed by atoms with Crippen molar-refractivity contribution in [2.75, 3.05) is 6.54 Å². The number of aryl methyl sites for hydroxylation is 2. The highest BCUT2D eigenvalue weighted by Crippen LogP contribution is 2.61. The van der Waals surface area contributed by atoms with Crippen LogP contribution in [0.4, 0.5) is 0 Å². The zero-order chi connectivity index (χ0) is 17.0. The topological polar surface area (TPSA) is 72.2 Å². The molecule has 1 N–H and O–H groups in total. The molecule has 1 spiro atoms. The Hall–Kier alpha value is -2.76. The van der Waals surface area contributed by atoms with Gasteiger partial charge in [-0.1, -0.05) is 24.3 Å². The summed E-state index contributed by atoms with van der Waals surface area (Å²) >= 11 is 0. The highest BCUT2D eigenvalue weighted by molar-refractivity contribution is 5.90. The Kier molecular flexibility index (Phi) is 2.98. The summed E-state index contributed by atoms with van der Waals surface area (Å²) in [6.07, 6.45) is 5.18. The van der Waals surface area contributed by atoms with E-state index in [4.69, 9.17) is 0 Å².